The fourth-order valence-corrected chi connectivity index (χ4v) is 4.04. The van der Waals surface area contributed by atoms with E-state index in [0.717, 1.165) is 51.7 Å². The monoisotopic (exact) mass is 406 g/mol. The molecule has 1 saturated heterocycles. The average Bonchev–Trinajstić information content (AvgIpc) is 3.02. The number of rotatable bonds is 11. The number of nitrogens with two attached hydrogens (primary N) is 1. The molecular weight excluding hydrogens is 372 g/mol. The van der Waals surface area contributed by atoms with Crippen molar-refractivity contribution in [2.75, 3.05) is 38.6 Å². The molecule has 0 aromatic carbocycles. The van der Waals surface area contributed by atoms with E-state index in [-0.39, 0.29) is 24.1 Å². The van der Waals surface area contributed by atoms with E-state index in [0.29, 0.717) is 30.2 Å². The van der Waals surface area contributed by atoms with Crippen molar-refractivity contribution in [1.29, 1.82) is 0 Å². The number of β-amino-alcohol motifs (C(OH)–C–C–N with tert-alkyl or cyclic N) is 1. The Balaban J connectivity index is 1.58. The number of aromatic amines is 1. The largest absolute Gasteiger partial charge is 0.463 e. The van der Waals surface area contributed by atoms with Crippen molar-refractivity contribution in [1.82, 2.24) is 24.4 Å². The lowest BCUT2D eigenvalue weighted by Crippen LogP contribution is -2.37. The van der Waals surface area contributed by atoms with E-state index in [9.17, 15) is 4.79 Å². The van der Waals surface area contributed by atoms with Crippen LogP contribution < -0.4 is 16.2 Å². The molecule has 29 heavy (non-hydrogen) atoms. The molecule has 0 amide bonds. The van der Waals surface area contributed by atoms with Crippen LogP contribution in [0.15, 0.2) is 4.79 Å². The maximum atomic E-state index is 12.4. The first-order valence-electron chi connectivity index (χ1n) is 10.8. The summed E-state index contributed by atoms with van der Waals surface area (Å²) in [6.07, 6.45) is 7.47. The second kappa shape index (κ2) is 10.6. The molecule has 1 aliphatic heterocycles. The molecule has 2 aromatic rings. The lowest BCUT2D eigenvalue weighted by Gasteiger charge is -2.32. The number of piperidine rings is 1. The van der Waals surface area contributed by atoms with Gasteiger partial charge in [0.1, 0.15) is 5.52 Å². The van der Waals surface area contributed by atoms with Gasteiger partial charge in [-0.15, -0.1) is 0 Å². The zero-order valence-electron chi connectivity index (χ0n) is 17.4. The highest BCUT2D eigenvalue weighted by atomic mass is 16.5. The molecule has 1 atom stereocenters. The molecule has 0 radical (unpaired) electrons. The number of hydrogen-bond acceptors (Lipinski definition) is 7. The summed E-state index contributed by atoms with van der Waals surface area (Å²) in [5.74, 6) is 0.912. The van der Waals surface area contributed by atoms with Crippen molar-refractivity contribution in [3.05, 3.63) is 10.5 Å². The van der Waals surface area contributed by atoms with Crippen LogP contribution in [0.2, 0.25) is 0 Å². The van der Waals surface area contributed by atoms with Gasteiger partial charge in [-0.3, -0.25) is 4.57 Å². The number of hydrogen-bond donors (Lipinski definition) is 3. The van der Waals surface area contributed by atoms with Gasteiger partial charge in [-0.2, -0.15) is 9.97 Å². The van der Waals surface area contributed by atoms with Gasteiger partial charge in [-0.05, 0) is 44.6 Å². The maximum absolute atomic E-state index is 12.4. The number of aryl methyl sites for hydroxylation is 1. The van der Waals surface area contributed by atoms with Crippen LogP contribution in [0.25, 0.3) is 11.2 Å². The van der Waals surface area contributed by atoms with Gasteiger partial charge in [0.2, 0.25) is 0 Å². The van der Waals surface area contributed by atoms with Crippen LogP contribution >= 0.6 is 0 Å². The number of aliphatic hydroxyl groups excluding tert-OH is 1. The van der Waals surface area contributed by atoms with Crippen molar-refractivity contribution in [2.45, 2.75) is 58.4 Å². The average molecular weight is 407 g/mol. The van der Waals surface area contributed by atoms with Crippen LogP contribution in [0.3, 0.4) is 0 Å². The Labute approximate surface area is 171 Å². The molecule has 2 aromatic heterocycles. The van der Waals surface area contributed by atoms with E-state index in [1.165, 1.54) is 12.8 Å². The zero-order chi connectivity index (χ0) is 20.6. The minimum atomic E-state index is -0.210. The van der Waals surface area contributed by atoms with Crippen LogP contribution in [0.1, 0.15) is 51.9 Å². The number of fused-ring (bicyclic) bond motifs is 1. The first-order valence-corrected chi connectivity index (χ1v) is 10.8. The van der Waals surface area contributed by atoms with Gasteiger partial charge in [0.05, 0.1) is 13.2 Å². The minimum Gasteiger partial charge on any atom is -0.463 e. The Kier molecular flexibility index (Phi) is 7.88. The van der Waals surface area contributed by atoms with E-state index >= 15 is 0 Å². The summed E-state index contributed by atoms with van der Waals surface area (Å²) >= 11 is 0. The Bertz CT molecular complexity index is 831. The van der Waals surface area contributed by atoms with Crippen LogP contribution in [0.5, 0.6) is 6.01 Å². The molecule has 1 aliphatic rings. The van der Waals surface area contributed by atoms with Gasteiger partial charge >= 0.3 is 11.7 Å². The number of unbranched alkanes of at least 4 members (excludes halogenated alkanes) is 2. The molecule has 3 rings (SSSR count). The van der Waals surface area contributed by atoms with Gasteiger partial charge < -0.3 is 25.5 Å². The SMILES string of the molecule is CCCCOc1nc(N)c2[nH]c(=O)n(CCCCC3CCCN(CCO)C3)c2n1. The highest BCUT2D eigenvalue weighted by molar-refractivity contribution is 5.81. The Hall–Kier alpha value is -2.13. The van der Waals surface area contributed by atoms with Gasteiger partial charge in [0.15, 0.2) is 11.5 Å². The summed E-state index contributed by atoms with van der Waals surface area (Å²) in [5.41, 5.74) is 6.78. The smallest absolute Gasteiger partial charge is 0.327 e. The quantitative estimate of drug-likeness (QED) is 0.486. The number of H-pyrrole nitrogens is 1. The highest BCUT2D eigenvalue weighted by Crippen LogP contribution is 2.22. The number of likely N-dealkylation sites (tertiary alicyclic amines) is 1. The van der Waals surface area contributed by atoms with Crippen LogP contribution in [-0.4, -0.2) is 62.4 Å². The van der Waals surface area contributed by atoms with Crippen LogP contribution in [0, 0.1) is 5.92 Å². The molecular formula is C20H34N6O3. The molecule has 1 fully saturated rings. The Morgan fingerprint density at radius 1 is 1.28 bits per heavy atom. The molecule has 1 unspecified atom stereocenters. The summed E-state index contributed by atoms with van der Waals surface area (Å²) < 4.78 is 7.22. The van der Waals surface area contributed by atoms with Gasteiger partial charge in [0, 0.05) is 19.6 Å². The molecule has 0 spiro atoms. The summed E-state index contributed by atoms with van der Waals surface area (Å²) in [6.45, 7) is 6.36. The number of anilines is 1. The standard InChI is InChI=1S/C20H34N6O3/c1-2-3-13-29-19-23-17(21)16-18(24-19)26(20(28)22-16)10-5-4-7-15-8-6-9-25(14-15)11-12-27/h15,27H,2-14H2,1H3,(H,22,28)(H2,21,23,24). The number of nitrogens with zero attached hydrogens (tertiary/aromatic N) is 4. The predicted octanol–water partition coefficient (Wildman–Crippen LogP) is 1.76. The van der Waals surface area contributed by atoms with E-state index < -0.39 is 0 Å². The topological polar surface area (TPSA) is 122 Å². The van der Waals surface area contributed by atoms with Gasteiger partial charge in [0.25, 0.3) is 0 Å². The molecule has 3 heterocycles. The molecule has 0 aliphatic carbocycles. The number of aromatic nitrogens is 4. The predicted molar refractivity (Wildman–Crippen MR) is 113 cm³/mol. The number of aliphatic hydroxyl groups is 1. The highest BCUT2D eigenvalue weighted by Gasteiger charge is 2.19. The van der Waals surface area contributed by atoms with Crippen molar-refractivity contribution >= 4 is 17.0 Å². The Morgan fingerprint density at radius 2 is 2.14 bits per heavy atom. The minimum absolute atomic E-state index is 0.210. The molecule has 9 nitrogen and oxygen atoms in total. The number of nitrogens with one attached hydrogen (secondary N) is 1. The van der Waals surface area contributed by atoms with E-state index in [1.54, 1.807) is 4.57 Å². The number of ether oxygens (including phenoxy) is 1. The summed E-state index contributed by atoms with van der Waals surface area (Å²) in [7, 11) is 0. The molecule has 4 N–H and O–H groups in total. The summed E-state index contributed by atoms with van der Waals surface area (Å²) in [6, 6.07) is 0.224. The van der Waals surface area contributed by atoms with Crippen molar-refractivity contribution < 1.29 is 9.84 Å². The summed E-state index contributed by atoms with van der Waals surface area (Å²) in [4.78, 5) is 26.1. The zero-order valence-corrected chi connectivity index (χ0v) is 17.4. The molecule has 9 heteroatoms. The summed E-state index contributed by atoms with van der Waals surface area (Å²) in [5, 5.41) is 9.13. The van der Waals surface area contributed by atoms with Crippen LogP contribution in [0.4, 0.5) is 5.82 Å². The van der Waals surface area contributed by atoms with Crippen molar-refractivity contribution in [2.24, 2.45) is 5.92 Å². The van der Waals surface area contributed by atoms with Crippen molar-refractivity contribution in [3.8, 4) is 6.01 Å². The van der Waals surface area contributed by atoms with E-state index in [1.807, 2.05) is 0 Å². The lowest BCUT2D eigenvalue weighted by atomic mass is 9.93. The van der Waals surface area contributed by atoms with Crippen molar-refractivity contribution in [3.63, 3.8) is 0 Å². The fraction of sp³-hybridized carbons (Fsp3) is 0.750. The number of imidazole rings is 1. The third-order valence-electron chi connectivity index (χ3n) is 5.62. The molecule has 0 saturated carbocycles. The second-order valence-electron chi connectivity index (χ2n) is 7.90. The number of nitrogen functional groups attached to an aromatic ring is 1. The van der Waals surface area contributed by atoms with Gasteiger partial charge in [-0.25, -0.2) is 4.79 Å². The first-order chi connectivity index (χ1) is 14.1. The fourth-order valence-electron chi connectivity index (χ4n) is 4.04. The first kappa shape index (κ1) is 21.6. The molecule has 162 valence electrons. The third-order valence-corrected chi connectivity index (χ3v) is 5.62. The second-order valence-corrected chi connectivity index (χ2v) is 7.90. The normalized spacial score (nSPS) is 17.8. The van der Waals surface area contributed by atoms with Gasteiger partial charge in [-0.1, -0.05) is 19.8 Å². The van der Waals surface area contributed by atoms with E-state index in [4.69, 9.17) is 15.6 Å². The maximum Gasteiger partial charge on any atom is 0.327 e. The Morgan fingerprint density at radius 3 is 2.93 bits per heavy atom. The van der Waals surface area contributed by atoms with E-state index in [2.05, 4.69) is 26.8 Å². The van der Waals surface area contributed by atoms with Crippen LogP contribution in [-0.2, 0) is 6.54 Å². The molecule has 0 bridgehead atoms. The lowest BCUT2D eigenvalue weighted by molar-refractivity contribution is 0.135. The third kappa shape index (κ3) is 5.70.